The van der Waals surface area contributed by atoms with Gasteiger partial charge in [0.1, 0.15) is 11.3 Å². The summed E-state index contributed by atoms with van der Waals surface area (Å²) in [5.74, 6) is -0.774. The summed E-state index contributed by atoms with van der Waals surface area (Å²) in [6.45, 7) is 3.79. The molecule has 0 saturated heterocycles. The predicted octanol–water partition coefficient (Wildman–Crippen LogP) is 1.42. The van der Waals surface area contributed by atoms with Crippen molar-refractivity contribution in [3.63, 3.8) is 0 Å². The van der Waals surface area contributed by atoms with E-state index in [2.05, 4.69) is 5.32 Å². The molecule has 102 valence electrons. The molecule has 0 aliphatic heterocycles. The molecule has 0 unspecified atom stereocenters. The largest absolute Gasteiger partial charge is 0.484 e. The van der Waals surface area contributed by atoms with Gasteiger partial charge in [-0.1, -0.05) is 6.07 Å². The fourth-order valence-corrected chi connectivity index (χ4v) is 1.77. The molecule has 1 aliphatic rings. The summed E-state index contributed by atoms with van der Waals surface area (Å²) in [7, 11) is 0. The number of carbonyl (C=O) groups excluding carboxylic acids is 1. The van der Waals surface area contributed by atoms with Crippen molar-refractivity contribution in [1.29, 1.82) is 0 Å². The van der Waals surface area contributed by atoms with Crippen LogP contribution in [-0.2, 0) is 9.59 Å². The third-order valence-corrected chi connectivity index (χ3v) is 3.39. The maximum absolute atomic E-state index is 11.6. The number of carbonyl (C=O) groups is 2. The second kappa shape index (κ2) is 4.91. The van der Waals surface area contributed by atoms with Crippen LogP contribution in [0.25, 0.3) is 0 Å². The number of benzene rings is 1. The van der Waals surface area contributed by atoms with Gasteiger partial charge in [-0.25, -0.2) is 4.79 Å². The van der Waals surface area contributed by atoms with Crippen molar-refractivity contribution in [3.8, 4) is 5.75 Å². The molecular formula is C14H17NO4. The van der Waals surface area contributed by atoms with Gasteiger partial charge < -0.3 is 15.2 Å². The number of aryl methyl sites for hydroxylation is 2. The monoisotopic (exact) mass is 263 g/mol. The SMILES string of the molecule is Cc1ccc(OCC(=O)NC2(C(=O)O)CC2)cc1C. The Balaban J connectivity index is 1.87. The van der Waals surface area contributed by atoms with E-state index < -0.39 is 17.4 Å². The Morgan fingerprint density at radius 1 is 1.32 bits per heavy atom. The van der Waals surface area contributed by atoms with Gasteiger partial charge in [-0.2, -0.15) is 0 Å². The number of aliphatic carboxylic acids is 1. The van der Waals surface area contributed by atoms with Crippen molar-refractivity contribution in [2.24, 2.45) is 0 Å². The zero-order chi connectivity index (χ0) is 14.0. The zero-order valence-electron chi connectivity index (χ0n) is 11.0. The molecule has 0 aromatic heterocycles. The maximum Gasteiger partial charge on any atom is 0.329 e. The Labute approximate surface area is 111 Å². The van der Waals surface area contributed by atoms with Crippen molar-refractivity contribution in [2.45, 2.75) is 32.2 Å². The molecule has 2 N–H and O–H groups in total. The molecule has 5 heteroatoms. The third-order valence-electron chi connectivity index (χ3n) is 3.39. The maximum atomic E-state index is 11.6. The summed E-state index contributed by atoms with van der Waals surface area (Å²) in [5.41, 5.74) is 1.19. The predicted molar refractivity (Wildman–Crippen MR) is 69.2 cm³/mol. The van der Waals surface area contributed by atoms with Gasteiger partial charge in [0.25, 0.3) is 5.91 Å². The Hall–Kier alpha value is -2.04. The molecule has 0 atom stereocenters. The topological polar surface area (TPSA) is 75.6 Å². The second-order valence-electron chi connectivity index (χ2n) is 4.97. The molecule has 1 aromatic carbocycles. The Morgan fingerprint density at radius 2 is 2.00 bits per heavy atom. The van der Waals surface area contributed by atoms with E-state index in [1.54, 1.807) is 6.07 Å². The Kier molecular flexibility index (Phi) is 3.46. The van der Waals surface area contributed by atoms with E-state index in [0.717, 1.165) is 11.1 Å². The van der Waals surface area contributed by atoms with Crippen molar-refractivity contribution in [1.82, 2.24) is 5.32 Å². The Morgan fingerprint density at radius 3 is 2.53 bits per heavy atom. The van der Waals surface area contributed by atoms with E-state index in [1.807, 2.05) is 26.0 Å². The highest BCUT2D eigenvalue weighted by Gasteiger charge is 2.51. The normalized spacial score (nSPS) is 15.7. The van der Waals surface area contributed by atoms with E-state index >= 15 is 0 Å². The van der Waals surface area contributed by atoms with Crippen molar-refractivity contribution < 1.29 is 19.4 Å². The smallest absolute Gasteiger partial charge is 0.329 e. The molecule has 1 amide bonds. The van der Waals surface area contributed by atoms with E-state index in [9.17, 15) is 9.59 Å². The third kappa shape index (κ3) is 3.05. The van der Waals surface area contributed by atoms with Crippen LogP contribution < -0.4 is 10.1 Å². The fraction of sp³-hybridized carbons (Fsp3) is 0.429. The molecular weight excluding hydrogens is 246 g/mol. The fourth-order valence-electron chi connectivity index (χ4n) is 1.77. The van der Waals surface area contributed by atoms with E-state index in [-0.39, 0.29) is 6.61 Å². The molecule has 1 aliphatic carbocycles. The van der Waals surface area contributed by atoms with Crippen molar-refractivity contribution in [2.75, 3.05) is 6.61 Å². The van der Waals surface area contributed by atoms with Crippen LogP contribution in [0.15, 0.2) is 18.2 Å². The minimum atomic E-state index is -1.05. The second-order valence-corrected chi connectivity index (χ2v) is 4.97. The summed E-state index contributed by atoms with van der Waals surface area (Å²) in [6.07, 6.45) is 0.968. The standard InChI is InChI=1S/C14H17NO4/c1-9-3-4-11(7-10(9)2)19-8-12(16)15-14(5-6-14)13(17)18/h3-4,7H,5-6,8H2,1-2H3,(H,15,16)(H,17,18). The molecule has 5 nitrogen and oxygen atoms in total. The number of ether oxygens (including phenoxy) is 1. The highest BCUT2D eigenvalue weighted by Crippen LogP contribution is 2.35. The molecule has 19 heavy (non-hydrogen) atoms. The van der Waals surface area contributed by atoms with Gasteiger partial charge in [0.05, 0.1) is 0 Å². The average molecular weight is 263 g/mol. The van der Waals surface area contributed by atoms with E-state index in [1.165, 1.54) is 0 Å². The lowest BCUT2D eigenvalue weighted by Crippen LogP contribution is -2.45. The number of nitrogens with one attached hydrogen (secondary N) is 1. The number of carboxylic acids is 1. The summed E-state index contributed by atoms with van der Waals surface area (Å²) in [5, 5.41) is 11.4. The summed E-state index contributed by atoms with van der Waals surface area (Å²) in [4.78, 5) is 22.5. The lowest BCUT2D eigenvalue weighted by Gasteiger charge is -2.13. The number of amides is 1. The van der Waals surface area contributed by atoms with Crippen LogP contribution in [0.4, 0.5) is 0 Å². The first-order valence-electron chi connectivity index (χ1n) is 6.17. The molecule has 2 rings (SSSR count). The van der Waals surface area contributed by atoms with Gasteiger partial charge in [0.2, 0.25) is 0 Å². The lowest BCUT2D eigenvalue weighted by atomic mass is 10.1. The van der Waals surface area contributed by atoms with Crippen LogP contribution in [0.3, 0.4) is 0 Å². The van der Waals surface area contributed by atoms with Crippen molar-refractivity contribution >= 4 is 11.9 Å². The molecule has 0 radical (unpaired) electrons. The summed E-state index contributed by atoms with van der Waals surface area (Å²) >= 11 is 0. The quantitative estimate of drug-likeness (QED) is 0.842. The van der Waals surface area contributed by atoms with Crippen LogP contribution in [0, 0.1) is 13.8 Å². The van der Waals surface area contributed by atoms with Crippen LogP contribution in [-0.4, -0.2) is 29.1 Å². The van der Waals surface area contributed by atoms with Gasteiger partial charge in [-0.05, 0) is 49.9 Å². The average Bonchev–Trinajstić information content (AvgIpc) is 3.12. The van der Waals surface area contributed by atoms with Crippen LogP contribution in [0.1, 0.15) is 24.0 Å². The lowest BCUT2D eigenvalue weighted by molar-refractivity contribution is -0.143. The zero-order valence-corrected chi connectivity index (χ0v) is 11.0. The molecule has 0 bridgehead atoms. The Bertz CT molecular complexity index is 520. The first kappa shape index (κ1) is 13.4. The molecule has 0 heterocycles. The number of hydrogen-bond acceptors (Lipinski definition) is 3. The van der Waals surface area contributed by atoms with Gasteiger partial charge in [0.15, 0.2) is 6.61 Å². The molecule has 1 aromatic rings. The van der Waals surface area contributed by atoms with Crippen LogP contribution in [0.2, 0.25) is 0 Å². The number of carboxylic acid groups (broad SMARTS) is 1. The summed E-state index contributed by atoms with van der Waals surface area (Å²) < 4.78 is 5.35. The van der Waals surface area contributed by atoms with Gasteiger partial charge in [-0.3, -0.25) is 4.79 Å². The van der Waals surface area contributed by atoms with Crippen LogP contribution >= 0.6 is 0 Å². The number of hydrogen-bond donors (Lipinski definition) is 2. The molecule has 1 saturated carbocycles. The van der Waals surface area contributed by atoms with Gasteiger partial charge in [0, 0.05) is 0 Å². The highest BCUT2D eigenvalue weighted by atomic mass is 16.5. The van der Waals surface area contributed by atoms with Gasteiger partial charge in [-0.15, -0.1) is 0 Å². The highest BCUT2D eigenvalue weighted by molar-refractivity contribution is 5.90. The molecule has 1 fully saturated rings. The minimum Gasteiger partial charge on any atom is -0.484 e. The molecule has 0 spiro atoms. The van der Waals surface area contributed by atoms with E-state index in [4.69, 9.17) is 9.84 Å². The minimum absolute atomic E-state index is 0.169. The van der Waals surface area contributed by atoms with Crippen LogP contribution in [0.5, 0.6) is 5.75 Å². The first-order chi connectivity index (χ1) is 8.93. The van der Waals surface area contributed by atoms with Crippen molar-refractivity contribution in [3.05, 3.63) is 29.3 Å². The summed E-state index contributed by atoms with van der Waals surface area (Å²) in [6, 6.07) is 5.56. The van der Waals surface area contributed by atoms with Gasteiger partial charge >= 0.3 is 5.97 Å². The number of rotatable bonds is 5. The first-order valence-corrected chi connectivity index (χ1v) is 6.17. The van der Waals surface area contributed by atoms with E-state index in [0.29, 0.717) is 18.6 Å².